The monoisotopic (exact) mass is 287 g/mol. The molecule has 2 aromatic rings. The van der Waals surface area contributed by atoms with Gasteiger partial charge in [0.1, 0.15) is 15.0 Å². The number of hydrogen-bond donors (Lipinski definition) is 1. The van der Waals surface area contributed by atoms with E-state index in [2.05, 4.69) is 10.1 Å². The minimum atomic E-state index is -0.869. The zero-order valence-corrected chi connectivity index (χ0v) is 11.7. The second-order valence-electron chi connectivity index (χ2n) is 3.73. The van der Waals surface area contributed by atoms with Gasteiger partial charge in [-0.3, -0.25) is 4.68 Å². The molecule has 2 aromatic heterocycles. The Hall–Kier alpha value is -1.11. The quantitative estimate of drug-likeness (QED) is 0.918. The first-order chi connectivity index (χ1) is 8.67. The van der Waals surface area contributed by atoms with Gasteiger partial charge in [-0.15, -0.1) is 11.3 Å². The van der Waals surface area contributed by atoms with Crippen molar-refractivity contribution in [2.24, 2.45) is 0 Å². The van der Waals surface area contributed by atoms with Crippen LogP contribution in [-0.2, 0) is 6.54 Å². The molecule has 1 atom stereocenters. The van der Waals surface area contributed by atoms with Crippen LogP contribution in [0.2, 0.25) is 4.34 Å². The summed E-state index contributed by atoms with van der Waals surface area (Å²) < 4.78 is 7.50. The molecule has 0 amide bonds. The van der Waals surface area contributed by atoms with Crippen molar-refractivity contribution in [3.05, 3.63) is 27.4 Å². The summed E-state index contributed by atoms with van der Waals surface area (Å²) in [6.07, 6.45) is 3.18. The Balaban J connectivity index is 2.38. The van der Waals surface area contributed by atoms with E-state index >= 15 is 0 Å². The summed E-state index contributed by atoms with van der Waals surface area (Å²) in [5, 5.41) is 15.1. The van der Waals surface area contributed by atoms with Crippen LogP contribution in [-0.4, -0.2) is 27.0 Å². The molecule has 5 nitrogen and oxygen atoms in total. The van der Waals surface area contributed by atoms with Gasteiger partial charge in [0, 0.05) is 6.54 Å². The van der Waals surface area contributed by atoms with Gasteiger partial charge in [-0.25, -0.2) is 4.98 Å². The fourth-order valence-electron chi connectivity index (χ4n) is 1.71. The van der Waals surface area contributed by atoms with E-state index in [-0.39, 0.29) is 0 Å². The number of hydrogen-bond acceptors (Lipinski definition) is 5. The Kier molecular flexibility index (Phi) is 4.21. The first-order valence-corrected chi connectivity index (χ1v) is 6.75. The van der Waals surface area contributed by atoms with Crippen molar-refractivity contribution in [1.82, 2.24) is 14.8 Å². The molecular weight excluding hydrogens is 274 g/mol. The molecule has 0 radical (unpaired) electrons. The largest absolute Gasteiger partial charge is 0.493 e. The van der Waals surface area contributed by atoms with Gasteiger partial charge in [0.05, 0.1) is 19.5 Å². The molecule has 0 bridgehead atoms. The van der Waals surface area contributed by atoms with Crippen molar-refractivity contribution < 1.29 is 9.84 Å². The summed E-state index contributed by atoms with van der Waals surface area (Å²) in [5.74, 6) is 0.558. The SMILES string of the molecule is CCCn1ncc(OC)c1C(O)c1ncc(Cl)s1. The number of aryl methyl sites for hydroxylation is 1. The molecular formula is C11H14ClN3O2S. The van der Waals surface area contributed by atoms with Crippen molar-refractivity contribution in [2.75, 3.05) is 7.11 Å². The fourth-order valence-corrected chi connectivity index (χ4v) is 2.63. The van der Waals surface area contributed by atoms with Crippen LogP contribution in [0.5, 0.6) is 5.75 Å². The Morgan fingerprint density at radius 3 is 2.89 bits per heavy atom. The van der Waals surface area contributed by atoms with Crippen LogP contribution in [0.3, 0.4) is 0 Å². The number of methoxy groups -OCH3 is 1. The lowest BCUT2D eigenvalue weighted by atomic mass is 10.2. The molecule has 98 valence electrons. The molecule has 0 saturated heterocycles. The lowest BCUT2D eigenvalue weighted by Crippen LogP contribution is -2.11. The smallest absolute Gasteiger partial charge is 0.163 e. The third-order valence-corrected chi connectivity index (χ3v) is 3.66. The van der Waals surface area contributed by atoms with Crippen molar-refractivity contribution in [3.63, 3.8) is 0 Å². The topological polar surface area (TPSA) is 60.2 Å². The number of thiazole rings is 1. The first-order valence-electron chi connectivity index (χ1n) is 5.56. The van der Waals surface area contributed by atoms with Gasteiger partial charge in [-0.1, -0.05) is 18.5 Å². The molecule has 2 rings (SSSR count). The number of aliphatic hydroxyl groups is 1. The Morgan fingerprint density at radius 1 is 1.56 bits per heavy atom. The van der Waals surface area contributed by atoms with E-state index in [4.69, 9.17) is 16.3 Å². The second-order valence-corrected chi connectivity index (χ2v) is 5.42. The maximum absolute atomic E-state index is 10.4. The molecule has 18 heavy (non-hydrogen) atoms. The number of halogens is 1. The Morgan fingerprint density at radius 2 is 2.33 bits per heavy atom. The molecule has 0 aliphatic rings. The van der Waals surface area contributed by atoms with Gasteiger partial charge < -0.3 is 9.84 Å². The highest BCUT2D eigenvalue weighted by Gasteiger charge is 2.23. The van der Waals surface area contributed by atoms with Crippen LogP contribution in [0.1, 0.15) is 30.2 Å². The van der Waals surface area contributed by atoms with Crippen LogP contribution >= 0.6 is 22.9 Å². The fraction of sp³-hybridized carbons (Fsp3) is 0.455. The molecule has 1 unspecified atom stereocenters. The van der Waals surface area contributed by atoms with Crippen molar-refractivity contribution in [1.29, 1.82) is 0 Å². The molecule has 1 N–H and O–H groups in total. The number of aromatic nitrogens is 3. The van der Waals surface area contributed by atoms with E-state index < -0.39 is 6.10 Å². The van der Waals surface area contributed by atoms with Gasteiger partial charge >= 0.3 is 0 Å². The second kappa shape index (κ2) is 5.69. The Labute approximate surface area is 114 Å². The molecule has 0 aliphatic carbocycles. The van der Waals surface area contributed by atoms with Crippen LogP contribution in [0.25, 0.3) is 0 Å². The third kappa shape index (κ3) is 2.50. The normalized spacial score (nSPS) is 12.7. The minimum Gasteiger partial charge on any atom is -0.493 e. The zero-order valence-electron chi connectivity index (χ0n) is 10.1. The predicted molar refractivity (Wildman–Crippen MR) is 70.3 cm³/mol. The average molecular weight is 288 g/mol. The van der Waals surface area contributed by atoms with Gasteiger partial charge in [0.25, 0.3) is 0 Å². The summed E-state index contributed by atoms with van der Waals surface area (Å²) in [7, 11) is 1.55. The summed E-state index contributed by atoms with van der Waals surface area (Å²) in [4.78, 5) is 4.09. The highest BCUT2D eigenvalue weighted by atomic mass is 35.5. The van der Waals surface area contributed by atoms with Crippen LogP contribution in [0.4, 0.5) is 0 Å². The molecule has 0 spiro atoms. The van der Waals surface area contributed by atoms with Gasteiger partial charge in [0.2, 0.25) is 0 Å². The number of nitrogens with zero attached hydrogens (tertiary/aromatic N) is 3. The van der Waals surface area contributed by atoms with Crippen LogP contribution in [0.15, 0.2) is 12.4 Å². The van der Waals surface area contributed by atoms with E-state index in [1.54, 1.807) is 18.0 Å². The number of rotatable bonds is 5. The predicted octanol–water partition coefficient (Wildman–Crippen LogP) is 2.49. The molecule has 0 fully saturated rings. The summed E-state index contributed by atoms with van der Waals surface area (Å²) in [6, 6.07) is 0. The average Bonchev–Trinajstić information content (AvgIpc) is 2.95. The number of ether oxygens (including phenoxy) is 1. The highest BCUT2D eigenvalue weighted by molar-refractivity contribution is 7.15. The first kappa shape index (κ1) is 13.3. The molecule has 2 heterocycles. The maximum Gasteiger partial charge on any atom is 0.163 e. The minimum absolute atomic E-state index is 0.538. The molecule has 0 aromatic carbocycles. The maximum atomic E-state index is 10.4. The van der Waals surface area contributed by atoms with Gasteiger partial charge in [-0.2, -0.15) is 5.10 Å². The molecule has 0 aliphatic heterocycles. The van der Waals surface area contributed by atoms with E-state index in [1.165, 1.54) is 17.5 Å². The zero-order chi connectivity index (χ0) is 13.1. The summed E-state index contributed by atoms with van der Waals surface area (Å²) >= 11 is 7.08. The van der Waals surface area contributed by atoms with Crippen LogP contribution < -0.4 is 4.74 Å². The lowest BCUT2D eigenvalue weighted by Gasteiger charge is -2.12. The van der Waals surface area contributed by atoms with E-state index in [0.29, 0.717) is 20.8 Å². The standard InChI is InChI=1S/C11H14ClN3O2S/c1-3-4-15-9(7(17-2)5-14-15)10(16)11-13-6-8(12)18-11/h5-6,10,16H,3-4H2,1-2H3. The van der Waals surface area contributed by atoms with Crippen LogP contribution in [0, 0.1) is 0 Å². The van der Waals surface area contributed by atoms with E-state index in [0.717, 1.165) is 13.0 Å². The summed E-state index contributed by atoms with van der Waals surface area (Å²) in [6.45, 7) is 2.76. The van der Waals surface area contributed by atoms with E-state index in [1.807, 2.05) is 6.92 Å². The van der Waals surface area contributed by atoms with Gasteiger partial charge in [0.15, 0.2) is 11.9 Å². The van der Waals surface area contributed by atoms with E-state index in [9.17, 15) is 5.11 Å². The number of aliphatic hydroxyl groups excluding tert-OH is 1. The Bertz CT molecular complexity index is 526. The molecule has 7 heteroatoms. The third-order valence-electron chi connectivity index (χ3n) is 2.49. The molecule has 0 saturated carbocycles. The van der Waals surface area contributed by atoms with Crippen molar-refractivity contribution in [3.8, 4) is 5.75 Å². The highest BCUT2D eigenvalue weighted by Crippen LogP contribution is 2.33. The van der Waals surface area contributed by atoms with Crippen molar-refractivity contribution >= 4 is 22.9 Å². The van der Waals surface area contributed by atoms with Crippen molar-refractivity contribution in [2.45, 2.75) is 26.0 Å². The summed E-state index contributed by atoms with van der Waals surface area (Å²) in [5.41, 5.74) is 0.616. The van der Waals surface area contributed by atoms with Gasteiger partial charge in [-0.05, 0) is 6.42 Å². The lowest BCUT2D eigenvalue weighted by molar-refractivity contribution is 0.201.